The predicted octanol–water partition coefficient (Wildman–Crippen LogP) is 2.38. The van der Waals surface area contributed by atoms with Gasteiger partial charge in [0.25, 0.3) is 5.91 Å². The summed E-state index contributed by atoms with van der Waals surface area (Å²) in [5.74, 6) is -0.0158. The number of aromatic nitrogens is 1. The highest BCUT2D eigenvalue weighted by atomic mass is 16.5. The van der Waals surface area contributed by atoms with Gasteiger partial charge in [0.1, 0.15) is 5.82 Å². The van der Waals surface area contributed by atoms with Crippen molar-refractivity contribution in [1.29, 1.82) is 0 Å². The molecule has 1 aromatic carbocycles. The van der Waals surface area contributed by atoms with Gasteiger partial charge in [0, 0.05) is 32.1 Å². The second-order valence-corrected chi connectivity index (χ2v) is 5.23. The lowest BCUT2D eigenvalue weighted by Crippen LogP contribution is -2.25. The van der Waals surface area contributed by atoms with E-state index >= 15 is 0 Å². The standard InChI is InChI=1S/C18H21N3O4/c1-24-10-4-9-19-17(22)14-7-8-16(20-12-14)21-15-6-3-5-13(11-15)18(23)25-2/h3,5-8,11-12H,4,9-10H2,1-2H3,(H,19,22)(H,20,21). The quantitative estimate of drug-likeness (QED) is 0.565. The second kappa shape index (κ2) is 9.39. The molecule has 0 fully saturated rings. The highest BCUT2D eigenvalue weighted by Gasteiger charge is 2.08. The summed E-state index contributed by atoms with van der Waals surface area (Å²) in [7, 11) is 2.96. The molecule has 1 amide bonds. The molecule has 7 heteroatoms. The van der Waals surface area contributed by atoms with E-state index in [0.29, 0.717) is 35.8 Å². The Morgan fingerprint density at radius 3 is 2.64 bits per heavy atom. The molecular weight excluding hydrogens is 322 g/mol. The molecule has 0 aliphatic rings. The van der Waals surface area contributed by atoms with Gasteiger partial charge in [-0.2, -0.15) is 0 Å². The number of carbonyl (C=O) groups excluding carboxylic acids is 2. The zero-order chi connectivity index (χ0) is 18.1. The van der Waals surface area contributed by atoms with E-state index in [1.54, 1.807) is 37.4 Å². The van der Waals surface area contributed by atoms with Crippen molar-refractivity contribution in [3.05, 3.63) is 53.7 Å². The molecule has 0 unspecified atom stereocenters. The predicted molar refractivity (Wildman–Crippen MR) is 94.1 cm³/mol. The van der Waals surface area contributed by atoms with Crippen molar-refractivity contribution in [3.63, 3.8) is 0 Å². The molecule has 25 heavy (non-hydrogen) atoms. The number of esters is 1. The van der Waals surface area contributed by atoms with Crippen molar-refractivity contribution in [2.45, 2.75) is 6.42 Å². The normalized spacial score (nSPS) is 10.2. The topological polar surface area (TPSA) is 89.6 Å². The van der Waals surface area contributed by atoms with Crippen LogP contribution in [0.1, 0.15) is 27.1 Å². The average molecular weight is 343 g/mol. The number of nitrogens with zero attached hydrogens (tertiary/aromatic N) is 1. The molecule has 0 saturated heterocycles. The SMILES string of the molecule is COCCCNC(=O)c1ccc(Nc2cccc(C(=O)OC)c2)nc1. The molecule has 2 rings (SSSR count). The first-order valence-electron chi connectivity index (χ1n) is 7.82. The van der Waals surface area contributed by atoms with E-state index in [9.17, 15) is 9.59 Å². The Bertz CT molecular complexity index is 717. The smallest absolute Gasteiger partial charge is 0.337 e. The lowest BCUT2D eigenvalue weighted by molar-refractivity contribution is 0.0600. The van der Waals surface area contributed by atoms with Gasteiger partial charge in [-0.3, -0.25) is 4.79 Å². The summed E-state index contributed by atoms with van der Waals surface area (Å²) in [6.07, 6.45) is 2.25. The van der Waals surface area contributed by atoms with Gasteiger partial charge >= 0.3 is 5.97 Å². The second-order valence-electron chi connectivity index (χ2n) is 5.23. The molecular formula is C18H21N3O4. The number of benzene rings is 1. The summed E-state index contributed by atoms with van der Waals surface area (Å²) >= 11 is 0. The fourth-order valence-corrected chi connectivity index (χ4v) is 2.11. The molecule has 0 radical (unpaired) electrons. The fourth-order valence-electron chi connectivity index (χ4n) is 2.11. The Morgan fingerprint density at radius 1 is 1.12 bits per heavy atom. The van der Waals surface area contributed by atoms with Gasteiger partial charge in [-0.05, 0) is 36.8 Å². The Kier molecular flexibility index (Phi) is 6.91. The van der Waals surface area contributed by atoms with Crippen LogP contribution in [0.25, 0.3) is 0 Å². The monoisotopic (exact) mass is 343 g/mol. The third kappa shape index (κ3) is 5.58. The number of amides is 1. The van der Waals surface area contributed by atoms with Crippen LogP contribution in [0.4, 0.5) is 11.5 Å². The van der Waals surface area contributed by atoms with Crippen LogP contribution >= 0.6 is 0 Å². The summed E-state index contributed by atoms with van der Waals surface area (Å²) in [6.45, 7) is 1.15. The van der Waals surface area contributed by atoms with Gasteiger partial charge in [-0.1, -0.05) is 6.07 Å². The summed E-state index contributed by atoms with van der Waals surface area (Å²) in [4.78, 5) is 27.7. The van der Waals surface area contributed by atoms with Crippen molar-refractivity contribution in [3.8, 4) is 0 Å². The van der Waals surface area contributed by atoms with E-state index in [1.165, 1.54) is 13.3 Å². The van der Waals surface area contributed by atoms with Crippen molar-refractivity contribution in [1.82, 2.24) is 10.3 Å². The van der Waals surface area contributed by atoms with E-state index in [4.69, 9.17) is 9.47 Å². The van der Waals surface area contributed by atoms with Gasteiger partial charge in [0.05, 0.1) is 18.2 Å². The molecule has 7 nitrogen and oxygen atoms in total. The van der Waals surface area contributed by atoms with E-state index in [2.05, 4.69) is 15.6 Å². The summed E-state index contributed by atoms with van der Waals surface area (Å²) in [6, 6.07) is 10.3. The first-order valence-corrected chi connectivity index (χ1v) is 7.82. The van der Waals surface area contributed by atoms with Gasteiger partial charge in [0.15, 0.2) is 0 Å². The molecule has 132 valence electrons. The fraction of sp³-hybridized carbons (Fsp3) is 0.278. The number of pyridine rings is 1. The maximum Gasteiger partial charge on any atom is 0.337 e. The highest BCUT2D eigenvalue weighted by molar-refractivity contribution is 5.94. The van der Waals surface area contributed by atoms with Crippen LogP contribution in [0, 0.1) is 0 Å². The number of rotatable bonds is 8. The first kappa shape index (κ1) is 18.4. The van der Waals surface area contributed by atoms with Crippen molar-refractivity contribution in [2.75, 3.05) is 32.7 Å². The lowest BCUT2D eigenvalue weighted by Gasteiger charge is -2.08. The first-order chi connectivity index (χ1) is 12.1. The molecule has 1 aromatic heterocycles. The Balaban J connectivity index is 1.96. The van der Waals surface area contributed by atoms with Crippen molar-refractivity contribution in [2.24, 2.45) is 0 Å². The van der Waals surface area contributed by atoms with Crippen LogP contribution in [0.15, 0.2) is 42.6 Å². The molecule has 2 aromatic rings. The molecule has 0 atom stereocenters. The van der Waals surface area contributed by atoms with Crippen molar-refractivity contribution < 1.29 is 19.1 Å². The number of carbonyl (C=O) groups is 2. The summed E-state index contributed by atoms with van der Waals surface area (Å²) in [5.41, 5.74) is 1.62. The minimum Gasteiger partial charge on any atom is -0.465 e. The molecule has 0 aliphatic heterocycles. The largest absolute Gasteiger partial charge is 0.465 e. The summed E-state index contributed by atoms with van der Waals surface area (Å²) < 4.78 is 9.63. The number of anilines is 2. The van der Waals surface area contributed by atoms with E-state index < -0.39 is 5.97 Å². The van der Waals surface area contributed by atoms with Crippen LogP contribution in [0.3, 0.4) is 0 Å². The zero-order valence-corrected chi connectivity index (χ0v) is 14.2. The Hall–Kier alpha value is -2.93. The molecule has 0 bridgehead atoms. The Morgan fingerprint density at radius 2 is 1.96 bits per heavy atom. The number of hydrogen-bond acceptors (Lipinski definition) is 6. The molecule has 0 aliphatic carbocycles. The van der Waals surface area contributed by atoms with Gasteiger partial charge in [-0.15, -0.1) is 0 Å². The van der Waals surface area contributed by atoms with Crippen LogP contribution < -0.4 is 10.6 Å². The number of hydrogen-bond donors (Lipinski definition) is 2. The number of nitrogens with one attached hydrogen (secondary N) is 2. The minimum atomic E-state index is -0.405. The van der Waals surface area contributed by atoms with E-state index in [1.807, 2.05) is 6.07 Å². The van der Waals surface area contributed by atoms with E-state index in [0.717, 1.165) is 6.42 Å². The van der Waals surface area contributed by atoms with Crippen molar-refractivity contribution >= 4 is 23.4 Å². The number of ether oxygens (including phenoxy) is 2. The number of methoxy groups -OCH3 is 2. The third-order valence-electron chi connectivity index (χ3n) is 3.39. The third-order valence-corrected chi connectivity index (χ3v) is 3.39. The molecule has 0 saturated carbocycles. The van der Waals surface area contributed by atoms with Crippen LogP contribution in [0.2, 0.25) is 0 Å². The van der Waals surface area contributed by atoms with Crippen LogP contribution in [-0.4, -0.2) is 44.2 Å². The summed E-state index contributed by atoms with van der Waals surface area (Å²) in [5, 5.41) is 5.88. The molecule has 2 N–H and O–H groups in total. The lowest BCUT2D eigenvalue weighted by atomic mass is 10.2. The Labute approximate surface area is 146 Å². The molecule has 0 spiro atoms. The average Bonchev–Trinajstić information content (AvgIpc) is 2.65. The van der Waals surface area contributed by atoms with Crippen LogP contribution in [0.5, 0.6) is 0 Å². The molecule has 1 heterocycles. The maximum atomic E-state index is 12.0. The van der Waals surface area contributed by atoms with E-state index in [-0.39, 0.29) is 5.91 Å². The highest BCUT2D eigenvalue weighted by Crippen LogP contribution is 2.17. The van der Waals surface area contributed by atoms with Gasteiger partial charge in [0.2, 0.25) is 0 Å². The van der Waals surface area contributed by atoms with Crippen LogP contribution in [-0.2, 0) is 9.47 Å². The van der Waals surface area contributed by atoms with Gasteiger partial charge in [-0.25, -0.2) is 9.78 Å². The zero-order valence-electron chi connectivity index (χ0n) is 14.2. The maximum absolute atomic E-state index is 12.0. The minimum absolute atomic E-state index is 0.178. The van der Waals surface area contributed by atoms with Gasteiger partial charge < -0.3 is 20.1 Å².